The van der Waals surface area contributed by atoms with E-state index in [0.29, 0.717) is 11.8 Å². The molecule has 3 unspecified atom stereocenters. The van der Waals surface area contributed by atoms with E-state index >= 15 is 0 Å². The van der Waals surface area contributed by atoms with Gasteiger partial charge >= 0.3 is 0 Å². The summed E-state index contributed by atoms with van der Waals surface area (Å²) in [6.45, 7) is 3.01. The van der Waals surface area contributed by atoms with Crippen LogP contribution in [-0.2, 0) is 6.54 Å². The summed E-state index contributed by atoms with van der Waals surface area (Å²) in [5, 5.41) is 13.8. The molecule has 0 spiro atoms. The molecule has 1 aliphatic heterocycles. The van der Waals surface area contributed by atoms with Crippen LogP contribution in [0.4, 0.5) is 0 Å². The molecule has 2 heterocycles. The topological polar surface area (TPSA) is 45.6 Å². The molecule has 0 bridgehead atoms. The monoisotopic (exact) mass is 426 g/mol. The number of likely N-dealkylation sites (tertiary alicyclic amines) is 1. The number of rotatable bonds is 5. The lowest BCUT2D eigenvalue weighted by molar-refractivity contribution is 0.0547. The van der Waals surface area contributed by atoms with E-state index in [1.807, 2.05) is 12.1 Å². The molecule has 4 nitrogen and oxygen atoms in total. The zero-order chi connectivity index (χ0) is 21.7. The van der Waals surface area contributed by atoms with E-state index in [4.69, 9.17) is 4.74 Å². The third kappa shape index (κ3) is 3.42. The number of aliphatic hydroxyl groups is 1. The summed E-state index contributed by atoms with van der Waals surface area (Å²) in [5.41, 5.74) is 5.36. The smallest absolute Gasteiger partial charge is 0.218 e. The second-order valence-electron chi connectivity index (χ2n) is 9.60. The predicted octanol–water partition coefficient (Wildman–Crippen LogP) is 5.32. The van der Waals surface area contributed by atoms with Gasteiger partial charge in [-0.25, -0.2) is 4.98 Å². The van der Waals surface area contributed by atoms with E-state index < -0.39 is 6.10 Å². The number of ether oxygens (including phenoxy) is 1. The van der Waals surface area contributed by atoms with E-state index in [1.165, 1.54) is 28.3 Å². The van der Waals surface area contributed by atoms with Crippen molar-refractivity contribution < 1.29 is 9.84 Å². The summed E-state index contributed by atoms with van der Waals surface area (Å²) in [5.74, 6) is 2.24. The predicted molar refractivity (Wildman–Crippen MR) is 128 cm³/mol. The normalized spacial score (nSPS) is 23.6. The van der Waals surface area contributed by atoms with Crippen molar-refractivity contribution >= 4 is 16.8 Å². The highest BCUT2D eigenvalue weighted by atomic mass is 16.5. The minimum atomic E-state index is -0.525. The number of piperidine rings is 1. The zero-order valence-electron chi connectivity index (χ0n) is 18.6. The standard InChI is InChI=1S/C28H30N2O2/c1-32-28-23(7-4-12-29-28)27(31)18-10-13-30(14-11-18)17-25-22-6-3-2-5-19(22)15-21-9-8-20-16-24(20)26(21)25/h2-9,12,15,18,20,24,27,31H,10-11,13-14,16-17H2,1H3. The molecule has 2 fully saturated rings. The first-order chi connectivity index (χ1) is 15.7. The number of fused-ring (bicyclic) bond motifs is 4. The van der Waals surface area contributed by atoms with Gasteiger partial charge in [-0.1, -0.05) is 36.4 Å². The Morgan fingerprint density at radius 1 is 1.16 bits per heavy atom. The number of hydrogen-bond acceptors (Lipinski definition) is 4. The number of aromatic nitrogens is 1. The van der Waals surface area contributed by atoms with Crippen LogP contribution in [0.3, 0.4) is 0 Å². The van der Waals surface area contributed by atoms with Gasteiger partial charge in [0, 0.05) is 18.3 Å². The summed E-state index contributed by atoms with van der Waals surface area (Å²) in [4.78, 5) is 6.85. The van der Waals surface area contributed by atoms with Crippen molar-refractivity contribution in [2.45, 2.75) is 37.8 Å². The molecule has 1 saturated carbocycles. The Kier molecular flexibility index (Phi) is 5.00. The van der Waals surface area contributed by atoms with E-state index in [2.05, 4.69) is 52.4 Å². The summed E-state index contributed by atoms with van der Waals surface area (Å²) >= 11 is 0. The van der Waals surface area contributed by atoms with Crippen molar-refractivity contribution in [3.8, 4) is 5.88 Å². The zero-order valence-corrected chi connectivity index (χ0v) is 18.6. The van der Waals surface area contributed by atoms with Crippen molar-refractivity contribution in [2.24, 2.45) is 11.8 Å². The van der Waals surface area contributed by atoms with E-state index in [0.717, 1.165) is 44.0 Å². The van der Waals surface area contributed by atoms with Crippen LogP contribution >= 0.6 is 0 Å². The molecule has 3 atom stereocenters. The highest BCUT2D eigenvalue weighted by Crippen LogP contribution is 2.55. The minimum Gasteiger partial charge on any atom is -0.481 e. The molecule has 6 rings (SSSR count). The van der Waals surface area contributed by atoms with Gasteiger partial charge in [0.1, 0.15) is 0 Å². The van der Waals surface area contributed by atoms with Crippen molar-refractivity contribution in [1.29, 1.82) is 0 Å². The first-order valence-electron chi connectivity index (χ1n) is 11.8. The van der Waals surface area contributed by atoms with Crippen molar-refractivity contribution in [3.05, 3.63) is 77.0 Å². The number of aliphatic hydroxyl groups excluding tert-OH is 1. The SMILES string of the molecule is COc1ncccc1C(O)C1CCN(Cc2c3c(cc4ccccc24)C=CC2CC32)CC1. The molecule has 32 heavy (non-hydrogen) atoms. The van der Waals surface area contributed by atoms with Gasteiger partial charge in [0.25, 0.3) is 0 Å². The van der Waals surface area contributed by atoms with Gasteiger partial charge in [0.2, 0.25) is 5.88 Å². The van der Waals surface area contributed by atoms with Gasteiger partial charge < -0.3 is 9.84 Å². The van der Waals surface area contributed by atoms with Crippen LogP contribution < -0.4 is 4.74 Å². The summed E-state index contributed by atoms with van der Waals surface area (Å²) in [7, 11) is 1.62. The van der Waals surface area contributed by atoms with Crippen LogP contribution in [0.5, 0.6) is 5.88 Å². The Balaban J connectivity index is 1.23. The number of benzene rings is 2. The van der Waals surface area contributed by atoms with Crippen molar-refractivity contribution in [2.75, 3.05) is 20.2 Å². The van der Waals surface area contributed by atoms with E-state index in [9.17, 15) is 5.11 Å². The summed E-state index contributed by atoms with van der Waals surface area (Å²) in [6, 6.07) is 15.0. The molecule has 1 saturated heterocycles. The summed E-state index contributed by atoms with van der Waals surface area (Å²) < 4.78 is 5.38. The quantitative estimate of drug-likeness (QED) is 0.600. The molecule has 0 radical (unpaired) electrons. The molecule has 2 aromatic carbocycles. The molecule has 3 aliphatic rings. The average Bonchev–Trinajstić information content (AvgIpc) is 3.64. The van der Waals surface area contributed by atoms with Gasteiger partial charge in [-0.3, -0.25) is 4.90 Å². The lowest BCUT2D eigenvalue weighted by Gasteiger charge is -2.35. The van der Waals surface area contributed by atoms with Crippen LogP contribution in [0.25, 0.3) is 16.8 Å². The van der Waals surface area contributed by atoms with Gasteiger partial charge in [-0.15, -0.1) is 0 Å². The molecule has 4 heteroatoms. The highest BCUT2D eigenvalue weighted by Gasteiger charge is 2.41. The van der Waals surface area contributed by atoms with E-state index in [1.54, 1.807) is 18.9 Å². The second-order valence-corrected chi connectivity index (χ2v) is 9.60. The van der Waals surface area contributed by atoms with Crippen LogP contribution in [0.1, 0.15) is 53.5 Å². The van der Waals surface area contributed by atoms with Crippen molar-refractivity contribution in [1.82, 2.24) is 9.88 Å². The molecule has 0 amide bonds. The molecule has 1 aromatic heterocycles. The van der Waals surface area contributed by atoms with Gasteiger partial charge in [-0.2, -0.15) is 0 Å². The van der Waals surface area contributed by atoms with Gasteiger partial charge in [0.05, 0.1) is 13.2 Å². The first-order valence-corrected chi connectivity index (χ1v) is 11.8. The number of allylic oxidation sites excluding steroid dienone is 1. The molecule has 164 valence electrons. The minimum absolute atomic E-state index is 0.238. The van der Waals surface area contributed by atoms with Crippen LogP contribution in [0.2, 0.25) is 0 Å². The Bertz CT molecular complexity index is 1180. The summed E-state index contributed by atoms with van der Waals surface area (Å²) in [6.07, 6.45) is 9.21. The number of hydrogen-bond donors (Lipinski definition) is 1. The molecule has 3 aromatic rings. The number of methoxy groups -OCH3 is 1. The molecule has 1 N–H and O–H groups in total. The third-order valence-corrected chi connectivity index (χ3v) is 7.74. The maximum Gasteiger partial charge on any atom is 0.218 e. The molecule has 2 aliphatic carbocycles. The van der Waals surface area contributed by atoms with Crippen LogP contribution in [0.15, 0.2) is 54.7 Å². The lowest BCUT2D eigenvalue weighted by Crippen LogP contribution is -2.35. The second kappa shape index (κ2) is 8.02. The van der Waals surface area contributed by atoms with Crippen LogP contribution in [0, 0.1) is 11.8 Å². The fraction of sp³-hybridized carbons (Fsp3) is 0.393. The van der Waals surface area contributed by atoms with Gasteiger partial charge in [0.15, 0.2) is 0 Å². The fourth-order valence-electron chi connectivity index (χ4n) is 5.90. The van der Waals surface area contributed by atoms with Crippen LogP contribution in [-0.4, -0.2) is 35.2 Å². The molecular weight excluding hydrogens is 396 g/mol. The lowest BCUT2D eigenvalue weighted by atomic mass is 9.85. The van der Waals surface area contributed by atoms with Gasteiger partial charge in [-0.05, 0) is 95.8 Å². The Labute approximate surface area is 189 Å². The largest absolute Gasteiger partial charge is 0.481 e. The molecular formula is C28H30N2O2. The maximum atomic E-state index is 11.0. The Morgan fingerprint density at radius 3 is 2.84 bits per heavy atom. The maximum absolute atomic E-state index is 11.0. The average molecular weight is 427 g/mol. The van der Waals surface area contributed by atoms with E-state index in [-0.39, 0.29) is 5.92 Å². The fourth-order valence-corrected chi connectivity index (χ4v) is 5.90. The number of pyridine rings is 1. The number of nitrogens with zero attached hydrogens (tertiary/aromatic N) is 2. The third-order valence-electron chi connectivity index (χ3n) is 7.74. The Hall–Kier alpha value is -2.69. The highest BCUT2D eigenvalue weighted by molar-refractivity contribution is 5.90. The first kappa shape index (κ1) is 20.0. The Morgan fingerprint density at radius 2 is 2.00 bits per heavy atom. The van der Waals surface area contributed by atoms with Crippen molar-refractivity contribution in [3.63, 3.8) is 0 Å².